The minimum atomic E-state index is -0.247. The highest BCUT2D eigenvalue weighted by atomic mass is 35.5. The summed E-state index contributed by atoms with van der Waals surface area (Å²) in [5.41, 5.74) is 1.01. The van der Waals surface area contributed by atoms with Gasteiger partial charge in [0.25, 0.3) is 5.56 Å². The second-order valence-corrected chi connectivity index (χ2v) is 5.38. The number of ether oxygens (including phenoxy) is 1. The lowest BCUT2D eigenvalue weighted by molar-refractivity contribution is -0.116. The highest BCUT2D eigenvalue weighted by molar-refractivity contribution is 6.31. The van der Waals surface area contributed by atoms with E-state index >= 15 is 0 Å². The van der Waals surface area contributed by atoms with Crippen LogP contribution < -0.4 is 15.6 Å². The molecule has 3 rings (SSSR count). The monoisotopic (exact) mass is 331 g/mol. The van der Waals surface area contributed by atoms with Crippen LogP contribution in [0.5, 0.6) is 5.75 Å². The van der Waals surface area contributed by atoms with E-state index in [1.54, 1.807) is 47.3 Å². The molecule has 0 saturated heterocycles. The molecule has 0 aliphatic rings. The molecule has 7 heteroatoms. The molecule has 0 aliphatic heterocycles. The molecule has 1 aromatic carbocycles. The molecule has 2 heterocycles. The van der Waals surface area contributed by atoms with E-state index in [1.807, 2.05) is 0 Å². The van der Waals surface area contributed by atoms with E-state index in [0.717, 1.165) is 0 Å². The molecule has 0 aliphatic carbocycles. The lowest BCUT2D eigenvalue weighted by Crippen LogP contribution is -2.19. The third-order valence-electron chi connectivity index (χ3n) is 3.46. The van der Waals surface area contributed by atoms with Gasteiger partial charge < -0.3 is 19.6 Å². The van der Waals surface area contributed by atoms with Gasteiger partial charge in [0.1, 0.15) is 12.3 Å². The Balaban J connectivity index is 1.83. The maximum Gasteiger partial charge on any atom is 0.257 e. The number of hydrogen-bond donors (Lipinski definition) is 2. The van der Waals surface area contributed by atoms with Crippen molar-refractivity contribution in [1.29, 1.82) is 0 Å². The molecule has 2 aromatic heterocycles. The summed E-state index contributed by atoms with van der Waals surface area (Å²) in [4.78, 5) is 26.6. The minimum Gasteiger partial charge on any atom is -0.495 e. The van der Waals surface area contributed by atoms with E-state index in [2.05, 4.69) is 10.3 Å². The van der Waals surface area contributed by atoms with E-state index in [9.17, 15) is 9.59 Å². The van der Waals surface area contributed by atoms with Crippen molar-refractivity contribution in [2.45, 2.75) is 6.54 Å². The van der Waals surface area contributed by atoms with Crippen LogP contribution >= 0.6 is 11.6 Å². The van der Waals surface area contributed by atoms with Crippen LogP contribution in [0.1, 0.15) is 0 Å². The minimum absolute atomic E-state index is 0.0720. The van der Waals surface area contributed by atoms with E-state index < -0.39 is 0 Å². The van der Waals surface area contributed by atoms with Crippen molar-refractivity contribution in [3.05, 3.63) is 58.1 Å². The molecule has 0 spiro atoms. The van der Waals surface area contributed by atoms with Crippen molar-refractivity contribution in [2.24, 2.45) is 0 Å². The van der Waals surface area contributed by atoms with E-state index in [0.29, 0.717) is 27.4 Å². The zero-order valence-corrected chi connectivity index (χ0v) is 13.1. The average Bonchev–Trinajstić information content (AvgIpc) is 2.92. The van der Waals surface area contributed by atoms with Gasteiger partial charge in [0.15, 0.2) is 0 Å². The highest BCUT2D eigenvalue weighted by Crippen LogP contribution is 2.27. The maximum absolute atomic E-state index is 12.3. The van der Waals surface area contributed by atoms with Crippen LogP contribution in [0, 0.1) is 0 Å². The standard InChI is InChI=1S/C16H14ClN3O3/c1-23-14-3-2-10(17)8-12(14)19-15(21)9-20-7-5-11-13(20)4-6-18-16(11)22/h2-8H,9H2,1H3,(H,18,22)(H,19,21). The van der Waals surface area contributed by atoms with Crippen LogP contribution in [-0.4, -0.2) is 22.6 Å². The number of methoxy groups -OCH3 is 1. The lowest BCUT2D eigenvalue weighted by Gasteiger charge is -2.11. The molecule has 0 fully saturated rings. The van der Waals surface area contributed by atoms with Gasteiger partial charge in [-0.1, -0.05) is 11.6 Å². The largest absolute Gasteiger partial charge is 0.495 e. The SMILES string of the molecule is COc1ccc(Cl)cc1NC(=O)Cn1ccc2c(=O)[nH]ccc21. The van der Waals surface area contributed by atoms with Gasteiger partial charge in [-0.2, -0.15) is 0 Å². The third kappa shape index (κ3) is 3.07. The zero-order valence-electron chi connectivity index (χ0n) is 12.3. The van der Waals surface area contributed by atoms with Crippen LogP contribution in [-0.2, 0) is 11.3 Å². The smallest absolute Gasteiger partial charge is 0.257 e. The lowest BCUT2D eigenvalue weighted by atomic mass is 10.3. The Morgan fingerprint density at radius 1 is 1.35 bits per heavy atom. The van der Waals surface area contributed by atoms with Gasteiger partial charge >= 0.3 is 0 Å². The Bertz CT molecular complexity index is 930. The van der Waals surface area contributed by atoms with Gasteiger partial charge in [0.2, 0.25) is 5.91 Å². The molecule has 0 atom stereocenters. The van der Waals surface area contributed by atoms with Gasteiger partial charge in [-0.05, 0) is 30.3 Å². The number of carbonyl (C=O) groups is 1. The number of nitrogens with one attached hydrogen (secondary N) is 2. The molecular weight excluding hydrogens is 318 g/mol. The quantitative estimate of drug-likeness (QED) is 0.771. The fourth-order valence-corrected chi connectivity index (χ4v) is 2.57. The number of rotatable bonds is 4. The number of anilines is 1. The number of carbonyl (C=O) groups excluding carboxylic acids is 1. The summed E-state index contributed by atoms with van der Waals surface area (Å²) < 4.78 is 6.90. The Labute approximate surface area is 136 Å². The van der Waals surface area contributed by atoms with Crippen LogP contribution in [0.4, 0.5) is 5.69 Å². The number of fused-ring (bicyclic) bond motifs is 1. The summed E-state index contributed by atoms with van der Waals surface area (Å²) >= 11 is 5.95. The predicted molar refractivity (Wildman–Crippen MR) is 89.2 cm³/mol. The third-order valence-corrected chi connectivity index (χ3v) is 3.69. The number of H-pyrrole nitrogens is 1. The van der Waals surface area contributed by atoms with Crippen molar-refractivity contribution in [3.8, 4) is 5.75 Å². The molecule has 0 saturated carbocycles. The van der Waals surface area contributed by atoms with Crippen molar-refractivity contribution in [2.75, 3.05) is 12.4 Å². The first-order valence-corrected chi connectivity index (χ1v) is 7.26. The van der Waals surface area contributed by atoms with Gasteiger partial charge in [-0.15, -0.1) is 0 Å². The maximum atomic E-state index is 12.3. The Kier molecular flexibility index (Phi) is 4.08. The predicted octanol–water partition coefficient (Wildman–Crippen LogP) is 2.63. The number of aromatic nitrogens is 2. The molecule has 0 bridgehead atoms. The van der Waals surface area contributed by atoms with E-state index in [1.165, 1.54) is 7.11 Å². The Hall–Kier alpha value is -2.73. The van der Waals surface area contributed by atoms with Gasteiger partial charge in [-0.3, -0.25) is 9.59 Å². The van der Waals surface area contributed by atoms with Crippen molar-refractivity contribution in [1.82, 2.24) is 9.55 Å². The van der Waals surface area contributed by atoms with Gasteiger partial charge in [0, 0.05) is 17.4 Å². The topological polar surface area (TPSA) is 76.1 Å². The summed E-state index contributed by atoms with van der Waals surface area (Å²) in [7, 11) is 1.52. The number of nitrogens with zero attached hydrogens (tertiary/aromatic N) is 1. The van der Waals surface area contributed by atoms with Crippen LogP contribution in [0.15, 0.2) is 47.5 Å². The van der Waals surface area contributed by atoms with E-state index in [4.69, 9.17) is 16.3 Å². The fourth-order valence-electron chi connectivity index (χ4n) is 2.40. The number of amides is 1. The van der Waals surface area contributed by atoms with Gasteiger partial charge in [-0.25, -0.2) is 0 Å². The molecule has 0 unspecified atom stereocenters. The molecule has 1 amide bonds. The molecular formula is C16H14ClN3O3. The summed E-state index contributed by atoms with van der Waals surface area (Å²) in [5.74, 6) is 0.278. The van der Waals surface area contributed by atoms with Gasteiger partial charge in [0.05, 0.1) is 23.7 Å². The Morgan fingerprint density at radius 3 is 2.96 bits per heavy atom. The normalized spacial score (nSPS) is 10.7. The number of aromatic amines is 1. The first-order chi connectivity index (χ1) is 11.1. The molecule has 118 valence electrons. The number of hydrogen-bond acceptors (Lipinski definition) is 3. The van der Waals surface area contributed by atoms with Crippen LogP contribution in [0.2, 0.25) is 5.02 Å². The molecule has 3 aromatic rings. The number of pyridine rings is 1. The van der Waals surface area contributed by atoms with Crippen molar-refractivity contribution < 1.29 is 9.53 Å². The first-order valence-electron chi connectivity index (χ1n) is 6.88. The highest BCUT2D eigenvalue weighted by Gasteiger charge is 2.11. The summed E-state index contributed by atoms with van der Waals surface area (Å²) in [6.07, 6.45) is 3.26. The first kappa shape index (κ1) is 15.2. The summed E-state index contributed by atoms with van der Waals surface area (Å²) in [6, 6.07) is 8.42. The summed E-state index contributed by atoms with van der Waals surface area (Å²) in [5, 5.41) is 3.81. The molecule has 2 N–H and O–H groups in total. The van der Waals surface area contributed by atoms with Crippen LogP contribution in [0.3, 0.4) is 0 Å². The summed E-state index contributed by atoms with van der Waals surface area (Å²) in [6.45, 7) is 0.0720. The van der Waals surface area contributed by atoms with E-state index in [-0.39, 0.29) is 18.0 Å². The molecule has 6 nitrogen and oxygen atoms in total. The molecule has 0 radical (unpaired) electrons. The second-order valence-electron chi connectivity index (χ2n) is 4.94. The average molecular weight is 332 g/mol. The zero-order chi connectivity index (χ0) is 16.4. The Morgan fingerprint density at radius 2 is 2.17 bits per heavy atom. The fraction of sp³-hybridized carbons (Fsp3) is 0.125. The van der Waals surface area contributed by atoms with Crippen molar-refractivity contribution in [3.63, 3.8) is 0 Å². The number of benzene rings is 1. The second kappa shape index (κ2) is 6.18. The molecule has 23 heavy (non-hydrogen) atoms. The van der Waals surface area contributed by atoms with Crippen molar-refractivity contribution >= 4 is 34.1 Å². The van der Waals surface area contributed by atoms with Crippen LogP contribution in [0.25, 0.3) is 10.9 Å². The number of halogens is 1.